The first-order valence-corrected chi connectivity index (χ1v) is 6.69. The van der Waals surface area contributed by atoms with Crippen molar-refractivity contribution in [2.45, 2.75) is 19.3 Å². The van der Waals surface area contributed by atoms with Crippen LogP contribution in [0.15, 0.2) is 28.7 Å². The van der Waals surface area contributed by atoms with Crippen LogP contribution in [0.2, 0.25) is 0 Å². The molecule has 1 aliphatic rings. The van der Waals surface area contributed by atoms with Crippen LogP contribution in [-0.2, 0) is 4.79 Å². The average molecular weight is 298 g/mol. The fraction of sp³-hybridized carbons (Fsp3) is 0.462. The molecule has 4 heteroatoms. The van der Waals surface area contributed by atoms with E-state index in [9.17, 15) is 4.79 Å². The summed E-state index contributed by atoms with van der Waals surface area (Å²) in [5.74, 6) is -0.821. The molecule has 1 fully saturated rings. The number of aliphatic carboxylic acids is 1. The second kappa shape index (κ2) is 5.54. The molecular formula is C13H16BrNO2. The molecule has 0 amide bonds. The van der Waals surface area contributed by atoms with Gasteiger partial charge in [0.25, 0.3) is 0 Å². The second-order valence-corrected chi connectivity index (χ2v) is 5.35. The fourth-order valence-electron chi connectivity index (χ4n) is 2.25. The Morgan fingerprint density at radius 2 is 1.94 bits per heavy atom. The first-order chi connectivity index (χ1) is 8.16. The van der Waals surface area contributed by atoms with Gasteiger partial charge in [-0.25, -0.2) is 0 Å². The first-order valence-electron chi connectivity index (χ1n) is 5.90. The molecule has 17 heavy (non-hydrogen) atoms. The average Bonchev–Trinajstić information content (AvgIpc) is 2.55. The van der Waals surface area contributed by atoms with Gasteiger partial charge in [-0.2, -0.15) is 0 Å². The van der Waals surface area contributed by atoms with E-state index in [4.69, 9.17) is 5.11 Å². The highest BCUT2D eigenvalue weighted by atomic mass is 79.9. The Labute approximate surface area is 110 Å². The smallest absolute Gasteiger partial charge is 0.306 e. The van der Waals surface area contributed by atoms with Gasteiger partial charge in [0.2, 0.25) is 0 Å². The minimum absolute atomic E-state index is 0.171. The normalized spacial score (nSPS) is 21.0. The summed E-state index contributed by atoms with van der Waals surface area (Å²) in [4.78, 5) is 13.2. The third-order valence-electron chi connectivity index (χ3n) is 3.27. The van der Waals surface area contributed by atoms with Crippen molar-refractivity contribution < 1.29 is 9.90 Å². The van der Waals surface area contributed by atoms with Crippen molar-refractivity contribution in [3.63, 3.8) is 0 Å². The predicted octanol–water partition coefficient (Wildman–Crippen LogP) is 3.14. The molecule has 1 N–H and O–H groups in total. The van der Waals surface area contributed by atoms with Crippen LogP contribution in [-0.4, -0.2) is 24.2 Å². The molecular weight excluding hydrogens is 282 g/mol. The maximum Gasteiger partial charge on any atom is 0.306 e. The summed E-state index contributed by atoms with van der Waals surface area (Å²) < 4.78 is 1.07. The van der Waals surface area contributed by atoms with Gasteiger partial charge in [-0.3, -0.25) is 4.79 Å². The molecule has 0 saturated carbocycles. The minimum Gasteiger partial charge on any atom is -0.481 e. The van der Waals surface area contributed by atoms with Gasteiger partial charge in [-0.05, 0) is 43.5 Å². The Kier molecular flexibility index (Phi) is 4.05. The number of carbonyl (C=O) groups is 1. The largest absolute Gasteiger partial charge is 0.481 e. The molecule has 1 saturated heterocycles. The summed E-state index contributed by atoms with van der Waals surface area (Å²) in [5, 5.41) is 9.03. The summed E-state index contributed by atoms with van der Waals surface area (Å²) in [7, 11) is 0. The number of hydrogen-bond acceptors (Lipinski definition) is 2. The highest BCUT2D eigenvalue weighted by Crippen LogP contribution is 2.24. The van der Waals surface area contributed by atoms with Crippen molar-refractivity contribution in [3.8, 4) is 0 Å². The van der Waals surface area contributed by atoms with Crippen LogP contribution >= 0.6 is 15.9 Å². The molecule has 0 aliphatic carbocycles. The molecule has 1 aromatic rings. The number of anilines is 1. The minimum atomic E-state index is -0.650. The van der Waals surface area contributed by atoms with Gasteiger partial charge < -0.3 is 10.0 Å². The third kappa shape index (κ3) is 3.22. The summed E-state index contributed by atoms with van der Waals surface area (Å²) >= 11 is 3.42. The fourth-order valence-corrected chi connectivity index (χ4v) is 2.52. The number of benzene rings is 1. The van der Waals surface area contributed by atoms with Crippen molar-refractivity contribution in [2.75, 3.05) is 18.0 Å². The third-order valence-corrected chi connectivity index (χ3v) is 3.80. The Bertz CT molecular complexity index is 391. The lowest BCUT2D eigenvalue weighted by atomic mass is 10.0. The lowest BCUT2D eigenvalue weighted by molar-refractivity contribution is -0.142. The van der Waals surface area contributed by atoms with Crippen molar-refractivity contribution in [3.05, 3.63) is 28.7 Å². The molecule has 1 unspecified atom stereocenters. The van der Waals surface area contributed by atoms with E-state index in [2.05, 4.69) is 33.0 Å². The van der Waals surface area contributed by atoms with E-state index in [1.165, 1.54) is 5.69 Å². The van der Waals surface area contributed by atoms with E-state index in [1.54, 1.807) is 0 Å². The van der Waals surface area contributed by atoms with Gasteiger partial charge in [0.15, 0.2) is 0 Å². The van der Waals surface area contributed by atoms with Crippen LogP contribution in [0.5, 0.6) is 0 Å². The number of rotatable bonds is 2. The van der Waals surface area contributed by atoms with Crippen molar-refractivity contribution in [1.82, 2.24) is 0 Å². The zero-order valence-electron chi connectivity index (χ0n) is 9.60. The number of hydrogen-bond donors (Lipinski definition) is 1. The SMILES string of the molecule is O=C(O)C1CCCN(c2ccc(Br)cc2)CC1. The van der Waals surface area contributed by atoms with E-state index in [0.29, 0.717) is 0 Å². The molecule has 1 heterocycles. The standard InChI is InChI=1S/C13H16BrNO2/c14-11-3-5-12(6-4-11)15-8-1-2-10(7-9-15)13(16)17/h3-6,10H,1-2,7-9H2,(H,16,17). The molecule has 0 bridgehead atoms. The van der Waals surface area contributed by atoms with Crippen molar-refractivity contribution in [1.29, 1.82) is 0 Å². The molecule has 1 aliphatic heterocycles. The number of halogens is 1. The van der Waals surface area contributed by atoms with Gasteiger partial charge >= 0.3 is 5.97 Å². The maximum atomic E-state index is 11.0. The van der Waals surface area contributed by atoms with E-state index in [-0.39, 0.29) is 5.92 Å². The van der Waals surface area contributed by atoms with Crippen molar-refractivity contribution >= 4 is 27.6 Å². The molecule has 0 aromatic heterocycles. The van der Waals surface area contributed by atoms with Crippen LogP contribution in [0.4, 0.5) is 5.69 Å². The molecule has 2 rings (SSSR count). The highest BCUT2D eigenvalue weighted by Gasteiger charge is 2.22. The van der Waals surface area contributed by atoms with Gasteiger partial charge in [-0.15, -0.1) is 0 Å². The Balaban J connectivity index is 2.03. The summed E-state index contributed by atoms with van der Waals surface area (Å²) in [6.45, 7) is 1.78. The van der Waals surface area contributed by atoms with E-state index in [1.807, 2.05) is 12.1 Å². The molecule has 0 spiro atoms. The maximum absolute atomic E-state index is 11.0. The lowest BCUT2D eigenvalue weighted by Gasteiger charge is -2.22. The number of nitrogens with zero attached hydrogens (tertiary/aromatic N) is 1. The lowest BCUT2D eigenvalue weighted by Crippen LogP contribution is -2.24. The quantitative estimate of drug-likeness (QED) is 0.912. The summed E-state index contributed by atoms with van der Waals surface area (Å²) in [6, 6.07) is 8.19. The molecule has 0 radical (unpaired) electrons. The molecule has 1 atom stereocenters. The number of carboxylic acids is 1. The van der Waals surface area contributed by atoms with Crippen LogP contribution in [0.3, 0.4) is 0 Å². The van der Waals surface area contributed by atoms with E-state index in [0.717, 1.165) is 36.8 Å². The van der Waals surface area contributed by atoms with Gasteiger partial charge in [0, 0.05) is 23.2 Å². The van der Waals surface area contributed by atoms with E-state index >= 15 is 0 Å². The number of carboxylic acid groups (broad SMARTS) is 1. The summed E-state index contributed by atoms with van der Waals surface area (Å²) in [6.07, 6.45) is 2.49. The second-order valence-electron chi connectivity index (χ2n) is 4.43. The Morgan fingerprint density at radius 3 is 2.59 bits per heavy atom. The zero-order valence-corrected chi connectivity index (χ0v) is 11.2. The molecule has 92 valence electrons. The van der Waals surface area contributed by atoms with Gasteiger partial charge in [0.05, 0.1) is 5.92 Å². The van der Waals surface area contributed by atoms with Crippen molar-refractivity contribution in [2.24, 2.45) is 5.92 Å². The molecule has 1 aromatic carbocycles. The monoisotopic (exact) mass is 297 g/mol. The summed E-state index contributed by atoms with van der Waals surface area (Å²) in [5.41, 5.74) is 1.18. The van der Waals surface area contributed by atoms with Crippen LogP contribution < -0.4 is 4.90 Å². The van der Waals surface area contributed by atoms with E-state index < -0.39 is 5.97 Å². The first kappa shape index (κ1) is 12.4. The van der Waals surface area contributed by atoms with Crippen LogP contribution in [0, 0.1) is 5.92 Å². The highest BCUT2D eigenvalue weighted by molar-refractivity contribution is 9.10. The predicted molar refractivity (Wildman–Crippen MR) is 71.3 cm³/mol. The van der Waals surface area contributed by atoms with Crippen LogP contribution in [0.1, 0.15) is 19.3 Å². The zero-order chi connectivity index (χ0) is 12.3. The van der Waals surface area contributed by atoms with Crippen LogP contribution in [0.25, 0.3) is 0 Å². The topological polar surface area (TPSA) is 40.5 Å². The van der Waals surface area contributed by atoms with Gasteiger partial charge in [0.1, 0.15) is 0 Å². The Morgan fingerprint density at radius 1 is 1.24 bits per heavy atom. The van der Waals surface area contributed by atoms with Gasteiger partial charge in [-0.1, -0.05) is 15.9 Å². The molecule has 3 nitrogen and oxygen atoms in total. The Hall–Kier alpha value is -1.03.